The van der Waals surface area contributed by atoms with Crippen molar-refractivity contribution in [2.45, 2.75) is 10.8 Å². The van der Waals surface area contributed by atoms with E-state index in [-0.39, 0.29) is 10.0 Å². The van der Waals surface area contributed by atoms with Crippen molar-refractivity contribution >= 4 is 27.2 Å². The largest absolute Gasteiger partial charge is 0.485 e. The number of rotatable bonds is 6. The summed E-state index contributed by atoms with van der Waals surface area (Å²) >= 11 is 1.15. The molecule has 23 heavy (non-hydrogen) atoms. The summed E-state index contributed by atoms with van der Waals surface area (Å²) in [7, 11) is -3.65. The quantitative estimate of drug-likeness (QED) is 0.741. The molecule has 0 amide bonds. The van der Waals surface area contributed by atoms with Gasteiger partial charge >= 0.3 is 0 Å². The molecule has 1 N–H and O–H groups in total. The lowest BCUT2D eigenvalue weighted by Crippen LogP contribution is -2.13. The summed E-state index contributed by atoms with van der Waals surface area (Å²) in [5.74, 6) is 0.563. The normalized spacial score (nSPS) is 11.1. The van der Waals surface area contributed by atoms with E-state index in [9.17, 15) is 8.42 Å². The maximum Gasteiger partial charge on any atom is 0.272 e. The van der Waals surface area contributed by atoms with E-state index in [4.69, 9.17) is 4.74 Å². The first kappa shape index (κ1) is 15.5. The number of benzene rings is 1. The van der Waals surface area contributed by atoms with Crippen LogP contribution in [0.4, 0.5) is 5.82 Å². The molecule has 3 rings (SSSR count). The highest BCUT2D eigenvalue weighted by Crippen LogP contribution is 2.26. The first-order valence-electron chi connectivity index (χ1n) is 6.83. The Hall–Kier alpha value is -2.38. The number of hydrogen-bond acceptors (Lipinski definition) is 5. The molecule has 2 heterocycles. The van der Waals surface area contributed by atoms with E-state index in [1.54, 1.807) is 29.6 Å². The van der Waals surface area contributed by atoms with E-state index < -0.39 is 10.0 Å². The Balaban J connectivity index is 1.78. The molecule has 0 spiro atoms. The number of hydrogen-bond donors (Lipinski definition) is 1. The highest BCUT2D eigenvalue weighted by Gasteiger charge is 2.18. The molecule has 5 nitrogen and oxygen atoms in total. The Morgan fingerprint density at radius 3 is 2.61 bits per heavy atom. The molecule has 0 aliphatic carbocycles. The second kappa shape index (κ2) is 6.80. The lowest BCUT2D eigenvalue weighted by Gasteiger charge is -2.12. The van der Waals surface area contributed by atoms with Crippen molar-refractivity contribution in [1.82, 2.24) is 4.98 Å². The van der Waals surface area contributed by atoms with Gasteiger partial charge in [0.2, 0.25) is 0 Å². The zero-order valence-electron chi connectivity index (χ0n) is 12.0. The van der Waals surface area contributed by atoms with Crippen LogP contribution in [0.25, 0.3) is 0 Å². The summed E-state index contributed by atoms with van der Waals surface area (Å²) in [6.07, 6.45) is 1.52. The minimum Gasteiger partial charge on any atom is -0.485 e. The number of ether oxygens (including phenoxy) is 1. The Morgan fingerprint density at radius 1 is 1.04 bits per heavy atom. The molecule has 0 radical (unpaired) electrons. The Labute approximate surface area is 138 Å². The summed E-state index contributed by atoms with van der Waals surface area (Å²) in [4.78, 5) is 4.08. The van der Waals surface area contributed by atoms with Crippen LogP contribution in [0.2, 0.25) is 0 Å². The van der Waals surface area contributed by atoms with Crippen LogP contribution in [-0.4, -0.2) is 13.4 Å². The lowest BCUT2D eigenvalue weighted by molar-refractivity contribution is 0.307. The second-order valence-corrected chi connectivity index (χ2v) is 7.52. The van der Waals surface area contributed by atoms with E-state index in [1.807, 2.05) is 30.3 Å². The van der Waals surface area contributed by atoms with Crippen molar-refractivity contribution in [2.75, 3.05) is 4.72 Å². The third-order valence-electron chi connectivity index (χ3n) is 3.00. The second-order valence-electron chi connectivity index (χ2n) is 4.66. The first-order chi connectivity index (χ1) is 11.1. The average molecular weight is 346 g/mol. The molecule has 0 saturated heterocycles. The number of anilines is 1. The monoisotopic (exact) mass is 346 g/mol. The van der Waals surface area contributed by atoms with Gasteiger partial charge in [-0.1, -0.05) is 36.4 Å². The van der Waals surface area contributed by atoms with Crippen molar-refractivity contribution in [2.24, 2.45) is 0 Å². The van der Waals surface area contributed by atoms with Crippen molar-refractivity contribution in [3.63, 3.8) is 0 Å². The Kier molecular flexibility index (Phi) is 4.59. The summed E-state index contributed by atoms with van der Waals surface area (Å²) in [6, 6.07) is 16.2. The number of thiophene rings is 1. The summed E-state index contributed by atoms with van der Waals surface area (Å²) < 4.78 is 33.0. The van der Waals surface area contributed by atoms with Gasteiger partial charge in [0.1, 0.15) is 10.8 Å². The fraction of sp³-hybridized carbons (Fsp3) is 0.0625. The number of nitrogens with one attached hydrogen (secondary N) is 1. The van der Waals surface area contributed by atoms with Crippen LogP contribution >= 0.6 is 11.3 Å². The zero-order valence-corrected chi connectivity index (χ0v) is 13.7. The Morgan fingerprint density at radius 2 is 1.87 bits per heavy atom. The maximum absolute atomic E-state index is 12.3. The van der Waals surface area contributed by atoms with Crippen molar-refractivity contribution in [3.8, 4) is 5.75 Å². The van der Waals surface area contributed by atoms with Crippen LogP contribution in [0.1, 0.15) is 5.56 Å². The molecule has 2 aromatic heterocycles. The van der Waals surface area contributed by atoms with E-state index in [0.29, 0.717) is 12.4 Å². The zero-order chi connectivity index (χ0) is 16.1. The molecule has 0 bridgehead atoms. The third kappa shape index (κ3) is 3.88. The molecule has 0 fully saturated rings. The molecular weight excluding hydrogens is 332 g/mol. The number of pyridine rings is 1. The Bertz CT molecular complexity index is 863. The standard InChI is InChI=1S/C16H14N2O3S2/c19-23(20,15-9-5-11-22-15)18-16-14(8-4-10-17-16)21-12-13-6-2-1-3-7-13/h1-11H,12H2,(H,17,18). The molecule has 0 saturated carbocycles. The van der Waals surface area contributed by atoms with Gasteiger partial charge in [-0.3, -0.25) is 4.72 Å². The predicted molar refractivity (Wildman–Crippen MR) is 90.1 cm³/mol. The minimum absolute atomic E-state index is 0.178. The van der Waals surface area contributed by atoms with Gasteiger partial charge in [0.25, 0.3) is 10.0 Å². The van der Waals surface area contributed by atoms with Crippen LogP contribution in [-0.2, 0) is 16.6 Å². The van der Waals surface area contributed by atoms with Gasteiger partial charge in [-0.25, -0.2) is 13.4 Å². The summed E-state index contributed by atoms with van der Waals surface area (Å²) in [5, 5.41) is 1.71. The molecular formula is C16H14N2O3S2. The topological polar surface area (TPSA) is 68.3 Å². The van der Waals surface area contributed by atoms with Crippen LogP contribution in [0.3, 0.4) is 0 Å². The van der Waals surface area contributed by atoms with E-state index in [0.717, 1.165) is 16.9 Å². The van der Waals surface area contributed by atoms with Crippen LogP contribution in [0.5, 0.6) is 5.75 Å². The third-order valence-corrected chi connectivity index (χ3v) is 5.74. The highest BCUT2D eigenvalue weighted by atomic mass is 32.2. The molecule has 7 heteroatoms. The molecule has 3 aromatic rings. The van der Waals surface area contributed by atoms with Crippen LogP contribution < -0.4 is 9.46 Å². The van der Waals surface area contributed by atoms with Gasteiger partial charge in [-0.05, 0) is 29.1 Å². The predicted octanol–water partition coefficient (Wildman–Crippen LogP) is 3.52. The molecule has 118 valence electrons. The molecule has 0 unspecified atom stereocenters. The van der Waals surface area contributed by atoms with Crippen molar-refractivity contribution in [1.29, 1.82) is 0 Å². The average Bonchev–Trinajstić information content (AvgIpc) is 3.10. The fourth-order valence-corrected chi connectivity index (χ4v) is 3.93. The van der Waals surface area contributed by atoms with Crippen LogP contribution in [0, 0.1) is 0 Å². The lowest BCUT2D eigenvalue weighted by atomic mass is 10.2. The summed E-state index contributed by atoms with van der Waals surface area (Å²) in [5.41, 5.74) is 0.989. The highest BCUT2D eigenvalue weighted by molar-refractivity contribution is 7.94. The van der Waals surface area contributed by atoms with Crippen molar-refractivity contribution in [3.05, 3.63) is 71.7 Å². The smallest absolute Gasteiger partial charge is 0.272 e. The first-order valence-corrected chi connectivity index (χ1v) is 9.19. The van der Waals surface area contributed by atoms with Gasteiger partial charge in [0.15, 0.2) is 11.6 Å². The van der Waals surface area contributed by atoms with Gasteiger partial charge in [0, 0.05) is 6.20 Å². The number of sulfonamides is 1. The van der Waals surface area contributed by atoms with E-state index >= 15 is 0 Å². The number of nitrogens with zero attached hydrogens (tertiary/aromatic N) is 1. The maximum atomic E-state index is 12.3. The summed E-state index contributed by atoms with van der Waals surface area (Å²) in [6.45, 7) is 0.334. The fourth-order valence-electron chi connectivity index (χ4n) is 1.91. The van der Waals surface area contributed by atoms with Gasteiger partial charge in [-0.2, -0.15) is 0 Å². The van der Waals surface area contributed by atoms with E-state index in [2.05, 4.69) is 9.71 Å². The van der Waals surface area contributed by atoms with Gasteiger partial charge < -0.3 is 4.74 Å². The van der Waals surface area contributed by atoms with Gasteiger partial charge in [-0.15, -0.1) is 11.3 Å². The molecule has 0 aliphatic rings. The molecule has 0 aliphatic heterocycles. The van der Waals surface area contributed by atoms with Crippen molar-refractivity contribution < 1.29 is 13.2 Å². The minimum atomic E-state index is -3.65. The SMILES string of the molecule is O=S(=O)(Nc1ncccc1OCc1ccccc1)c1cccs1. The number of aromatic nitrogens is 1. The van der Waals surface area contributed by atoms with Crippen LogP contribution in [0.15, 0.2) is 70.4 Å². The molecule has 1 aromatic carbocycles. The van der Waals surface area contributed by atoms with E-state index in [1.165, 1.54) is 6.20 Å². The molecule has 0 atom stereocenters. The van der Waals surface area contributed by atoms with Gasteiger partial charge in [0.05, 0.1) is 0 Å².